The minimum Gasteiger partial charge on any atom is -0.492 e. The second kappa shape index (κ2) is 5.97. The smallest absolute Gasteiger partial charge is 0.271 e. The zero-order valence-electron chi connectivity index (χ0n) is 11.2. The van der Waals surface area contributed by atoms with Gasteiger partial charge in [0, 0.05) is 22.6 Å². The zero-order valence-corrected chi connectivity index (χ0v) is 11.9. The molecular formula is C16H13ClN2O2. The van der Waals surface area contributed by atoms with E-state index in [0.29, 0.717) is 23.6 Å². The average Bonchev–Trinajstić information content (AvgIpc) is 2.52. The third-order valence-electron chi connectivity index (χ3n) is 3.17. The molecule has 0 fully saturated rings. The van der Waals surface area contributed by atoms with Crippen molar-refractivity contribution in [3.8, 4) is 5.75 Å². The Balaban J connectivity index is 1.79. The Kier molecular flexibility index (Phi) is 3.88. The Bertz CT molecular complexity index is 713. The number of amides is 1. The molecule has 0 aliphatic carbocycles. The molecule has 5 heteroatoms. The van der Waals surface area contributed by atoms with Crippen molar-refractivity contribution >= 4 is 23.2 Å². The lowest BCUT2D eigenvalue weighted by Gasteiger charge is -2.18. The van der Waals surface area contributed by atoms with Gasteiger partial charge in [0.05, 0.1) is 12.3 Å². The van der Waals surface area contributed by atoms with Crippen LogP contribution in [0.5, 0.6) is 5.75 Å². The van der Waals surface area contributed by atoms with Crippen LogP contribution in [-0.4, -0.2) is 18.2 Å². The van der Waals surface area contributed by atoms with E-state index in [1.54, 1.807) is 24.3 Å². The molecule has 1 amide bonds. The highest BCUT2D eigenvalue weighted by molar-refractivity contribution is 6.30. The van der Waals surface area contributed by atoms with E-state index in [-0.39, 0.29) is 5.91 Å². The zero-order chi connectivity index (χ0) is 14.7. The second-order valence-electron chi connectivity index (χ2n) is 4.60. The molecule has 3 rings (SSSR count). The van der Waals surface area contributed by atoms with Crippen molar-refractivity contribution in [2.24, 2.45) is 5.10 Å². The van der Waals surface area contributed by atoms with Crippen LogP contribution < -0.4 is 10.2 Å². The first kappa shape index (κ1) is 13.6. The molecule has 1 heterocycles. The predicted molar refractivity (Wildman–Crippen MR) is 82.0 cm³/mol. The molecule has 0 radical (unpaired) electrons. The fourth-order valence-corrected chi connectivity index (χ4v) is 2.34. The summed E-state index contributed by atoms with van der Waals surface area (Å²) in [5.41, 5.74) is 4.77. The van der Waals surface area contributed by atoms with Crippen molar-refractivity contribution in [2.45, 2.75) is 6.42 Å². The standard InChI is InChI=1S/C16H13ClN2O2/c17-12-5-3-4-11(10-12)16(20)19-18-14-8-9-21-15-7-2-1-6-13(14)15/h1-7,10H,8-9H2,(H,19,20)/b18-14-. The van der Waals surface area contributed by atoms with Gasteiger partial charge in [-0.15, -0.1) is 0 Å². The van der Waals surface area contributed by atoms with Crippen LogP contribution >= 0.6 is 11.6 Å². The summed E-state index contributed by atoms with van der Waals surface area (Å²) in [5.74, 6) is 0.508. The van der Waals surface area contributed by atoms with E-state index in [0.717, 1.165) is 17.0 Å². The summed E-state index contributed by atoms with van der Waals surface area (Å²) in [7, 11) is 0. The number of nitrogens with zero attached hydrogens (tertiary/aromatic N) is 1. The van der Waals surface area contributed by atoms with Crippen molar-refractivity contribution in [3.05, 3.63) is 64.7 Å². The number of nitrogens with one attached hydrogen (secondary N) is 1. The quantitative estimate of drug-likeness (QED) is 0.866. The Morgan fingerprint density at radius 3 is 2.90 bits per heavy atom. The highest BCUT2D eigenvalue weighted by Gasteiger charge is 2.16. The number of carbonyl (C=O) groups excluding carboxylic acids is 1. The summed E-state index contributed by atoms with van der Waals surface area (Å²) in [5, 5.41) is 4.74. The predicted octanol–water partition coefficient (Wildman–Crippen LogP) is 3.26. The number of hydrogen-bond acceptors (Lipinski definition) is 3. The minimum atomic E-state index is -0.283. The van der Waals surface area contributed by atoms with Gasteiger partial charge in [0.2, 0.25) is 0 Å². The van der Waals surface area contributed by atoms with E-state index in [9.17, 15) is 4.79 Å². The summed E-state index contributed by atoms with van der Waals surface area (Å²) in [4.78, 5) is 12.0. The maximum absolute atomic E-state index is 12.0. The molecule has 0 bridgehead atoms. The van der Waals surface area contributed by atoms with Crippen LogP contribution in [0.15, 0.2) is 53.6 Å². The number of carbonyl (C=O) groups is 1. The van der Waals surface area contributed by atoms with Crippen LogP contribution in [0.1, 0.15) is 22.3 Å². The van der Waals surface area contributed by atoms with Gasteiger partial charge >= 0.3 is 0 Å². The maximum Gasteiger partial charge on any atom is 0.271 e. The van der Waals surface area contributed by atoms with Crippen LogP contribution in [0, 0.1) is 0 Å². The van der Waals surface area contributed by atoms with Gasteiger partial charge in [0.25, 0.3) is 5.91 Å². The van der Waals surface area contributed by atoms with Gasteiger partial charge in [0.1, 0.15) is 5.75 Å². The first-order valence-electron chi connectivity index (χ1n) is 6.59. The molecule has 0 aromatic heterocycles. The largest absolute Gasteiger partial charge is 0.492 e. The lowest BCUT2D eigenvalue weighted by atomic mass is 10.0. The highest BCUT2D eigenvalue weighted by atomic mass is 35.5. The van der Waals surface area contributed by atoms with Gasteiger partial charge in [-0.25, -0.2) is 5.43 Å². The number of rotatable bonds is 2. The number of fused-ring (bicyclic) bond motifs is 1. The molecule has 0 unspecified atom stereocenters. The fourth-order valence-electron chi connectivity index (χ4n) is 2.15. The van der Waals surface area contributed by atoms with Crippen LogP contribution in [-0.2, 0) is 0 Å². The molecular weight excluding hydrogens is 288 g/mol. The number of hydrazone groups is 1. The fraction of sp³-hybridized carbons (Fsp3) is 0.125. The third-order valence-corrected chi connectivity index (χ3v) is 3.41. The first-order chi connectivity index (χ1) is 10.2. The van der Waals surface area contributed by atoms with Crippen molar-refractivity contribution in [2.75, 3.05) is 6.61 Å². The van der Waals surface area contributed by atoms with Crippen molar-refractivity contribution in [3.63, 3.8) is 0 Å². The summed E-state index contributed by atoms with van der Waals surface area (Å²) >= 11 is 5.87. The van der Waals surface area contributed by atoms with E-state index in [2.05, 4.69) is 10.5 Å². The van der Waals surface area contributed by atoms with Crippen molar-refractivity contribution in [1.82, 2.24) is 5.43 Å². The van der Waals surface area contributed by atoms with Crippen molar-refractivity contribution < 1.29 is 9.53 Å². The topological polar surface area (TPSA) is 50.7 Å². The Labute approximate surface area is 127 Å². The highest BCUT2D eigenvalue weighted by Crippen LogP contribution is 2.24. The molecule has 2 aromatic carbocycles. The molecule has 0 atom stereocenters. The molecule has 4 nitrogen and oxygen atoms in total. The number of benzene rings is 2. The van der Waals surface area contributed by atoms with Gasteiger partial charge in [-0.3, -0.25) is 4.79 Å². The number of ether oxygens (including phenoxy) is 1. The summed E-state index contributed by atoms with van der Waals surface area (Å²) in [6.07, 6.45) is 0.660. The van der Waals surface area contributed by atoms with E-state index >= 15 is 0 Å². The van der Waals surface area contributed by atoms with Gasteiger partial charge in [-0.05, 0) is 30.3 Å². The minimum absolute atomic E-state index is 0.283. The molecule has 21 heavy (non-hydrogen) atoms. The first-order valence-corrected chi connectivity index (χ1v) is 6.96. The second-order valence-corrected chi connectivity index (χ2v) is 5.04. The third kappa shape index (κ3) is 3.06. The summed E-state index contributed by atoms with van der Waals surface area (Å²) < 4.78 is 5.55. The van der Waals surface area contributed by atoms with Gasteiger partial charge in [-0.1, -0.05) is 29.8 Å². The lowest BCUT2D eigenvalue weighted by Crippen LogP contribution is -2.23. The van der Waals surface area contributed by atoms with Crippen LogP contribution in [0.4, 0.5) is 0 Å². The van der Waals surface area contributed by atoms with E-state index in [1.807, 2.05) is 24.3 Å². The van der Waals surface area contributed by atoms with Crippen LogP contribution in [0.3, 0.4) is 0 Å². The molecule has 0 saturated heterocycles. The SMILES string of the molecule is O=C(N/N=C1/CCOc2ccccc21)c1cccc(Cl)c1. The van der Waals surface area contributed by atoms with Gasteiger partial charge in [-0.2, -0.15) is 5.10 Å². The maximum atomic E-state index is 12.0. The lowest BCUT2D eigenvalue weighted by molar-refractivity contribution is 0.0954. The normalized spacial score (nSPS) is 15.2. The number of para-hydroxylation sites is 1. The van der Waals surface area contributed by atoms with Crippen LogP contribution in [0.25, 0.3) is 0 Å². The number of halogens is 1. The van der Waals surface area contributed by atoms with Gasteiger partial charge in [0.15, 0.2) is 0 Å². The van der Waals surface area contributed by atoms with E-state index in [4.69, 9.17) is 16.3 Å². The average molecular weight is 301 g/mol. The van der Waals surface area contributed by atoms with Crippen molar-refractivity contribution in [1.29, 1.82) is 0 Å². The van der Waals surface area contributed by atoms with E-state index in [1.165, 1.54) is 0 Å². The Hall–Kier alpha value is -2.33. The molecule has 1 aliphatic rings. The van der Waals surface area contributed by atoms with E-state index < -0.39 is 0 Å². The Morgan fingerprint density at radius 1 is 1.19 bits per heavy atom. The molecule has 106 valence electrons. The molecule has 1 aliphatic heterocycles. The molecule has 1 N–H and O–H groups in total. The monoisotopic (exact) mass is 300 g/mol. The Morgan fingerprint density at radius 2 is 2.05 bits per heavy atom. The molecule has 0 spiro atoms. The molecule has 0 saturated carbocycles. The molecule has 2 aromatic rings. The van der Waals surface area contributed by atoms with Crippen LogP contribution in [0.2, 0.25) is 5.02 Å². The number of hydrogen-bond donors (Lipinski definition) is 1. The summed E-state index contributed by atoms with van der Waals surface area (Å²) in [6, 6.07) is 14.4. The van der Waals surface area contributed by atoms with Gasteiger partial charge < -0.3 is 4.74 Å². The summed E-state index contributed by atoms with van der Waals surface area (Å²) in [6.45, 7) is 0.558.